The fraction of sp³-hybridized carbons (Fsp3) is 0.263. The highest BCUT2D eigenvalue weighted by atomic mass is 16.5. The zero-order valence-corrected chi connectivity index (χ0v) is 13.7. The summed E-state index contributed by atoms with van der Waals surface area (Å²) in [6, 6.07) is 7.97. The van der Waals surface area contributed by atoms with Gasteiger partial charge in [-0.15, -0.1) is 6.58 Å². The Balaban J connectivity index is 0.000000713. The first kappa shape index (κ1) is 18.8. The van der Waals surface area contributed by atoms with Gasteiger partial charge in [0.2, 0.25) is 0 Å². The van der Waals surface area contributed by atoms with E-state index in [9.17, 15) is 0 Å². The first-order valence-electron chi connectivity index (χ1n) is 7.34. The number of likely N-dealkylation sites (N-methyl/N-ethyl adjacent to an activating group) is 1. The van der Waals surface area contributed by atoms with Gasteiger partial charge in [0.15, 0.2) is 11.5 Å². The van der Waals surface area contributed by atoms with E-state index >= 15 is 0 Å². The van der Waals surface area contributed by atoms with Crippen LogP contribution in [0, 0.1) is 0 Å². The van der Waals surface area contributed by atoms with Gasteiger partial charge in [0, 0.05) is 6.54 Å². The van der Waals surface area contributed by atoms with Gasteiger partial charge in [-0.25, -0.2) is 0 Å². The van der Waals surface area contributed by atoms with Gasteiger partial charge in [-0.05, 0) is 38.1 Å². The van der Waals surface area contributed by atoms with Crippen LogP contribution in [0.25, 0.3) is 0 Å². The molecule has 0 spiro atoms. The van der Waals surface area contributed by atoms with Crippen LogP contribution in [0.15, 0.2) is 73.7 Å². The number of hydrogen-bond donors (Lipinski definition) is 0. The molecule has 0 aromatic heterocycles. The van der Waals surface area contributed by atoms with E-state index in [1.54, 1.807) is 18.2 Å². The van der Waals surface area contributed by atoms with Crippen LogP contribution in [-0.2, 0) is 0 Å². The molecule has 21 heavy (non-hydrogen) atoms. The van der Waals surface area contributed by atoms with Crippen molar-refractivity contribution >= 4 is 5.69 Å². The monoisotopic (exact) mass is 285 g/mol. The summed E-state index contributed by atoms with van der Waals surface area (Å²) in [6.07, 6.45) is 5.27. The lowest BCUT2D eigenvalue weighted by Gasteiger charge is -2.32. The molecule has 1 aromatic carbocycles. The van der Waals surface area contributed by atoms with Crippen LogP contribution in [-0.4, -0.2) is 6.54 Å². The van der Waals surface area contributed by atoms with E-state index in [2.05, 4.69) is 31.6 Å². The van der Waals surface area contributed by atoms with Gasteiger partial charge in [0.05, 0.1) is 11.4 Å². The third-order valence-electron chi connectivity index (χ3n) is 2.61. The van der Waals surface area contributed by atoms with Crippen LogP contribution in [0.3, 0.4) is 0 Å². The maximum Gasteiger partial charge on any atom is 0.151 e. The molecule has 1 aliphatic heterocycles. The average molecular weight is 285 g/mol. The molecule has 0 radical (unpaired) electrons. The molecule has 0 amide bonds. The van der Waals surface area contributed by atoms with Crippen molar-refractivity contribution in [3.05, 3.63) is 73.7 Å². The number of benzene rings is 1. The molecule has 1 aromatic rings. The van der Waals surface area contributed by atoms with Gasteiger partial charge in [-0.3, -0.25) is 0 Å². The predicted octanol–water partition coefficient (Wildman–Crippen LogP) is 5.71. The average Bonchev–Trinajstić information content (AvgIpc) is 2.55. The predicted molar refractivity (Wildman–Crippen MR) is 94.7 cm³/mol. The van der Waals surface area contributed by atoms with Crippen molar-refractivity contribution in [2.45, 2.75) is 27.7 Å². The molecule has 1 heterocycles. The lowest BCUT2D eigenvalue weighted by Crippen LogP contribution is -2.27. The maximum atomic E-state index is 5.77. The van der Waals surface area contributed by atoms with E-state index in [0.29, 0.717) is 0 Å². The Kier molecular flexibility index (Phi) is 9.44. The molecule has 114 valence electrons. The van der Waals surface area contributed by atoms with Gasteiger partial charge < -0.3 is 9.64 Å². The molecule has 0 aliphatic carbocycles. The number of hydrogen-bond acceptors (Lipinski definition) is 2. The topological polar surface area (TPSA) is 12.5 Å². The number of allylic oxidation sites excluding steroid dienone is 3. The number of ether oxygens (including phenoxy) is 1. The highest BCUT2D eigenvalue weighted by Gasteiger charge is 2.21. The fourth-order valence-electron chi connectivity index (χ4n) is 1.90. The van der Waals surface area contributed by atoms with Crippen LogP contribution < -0.4 is 9.64 Å². The van der Waals surface area contributed by atoms with Crippen LogP contribution in [0.2, 0.25) is 0 Å². The first-order chi connectivity index (χ1) is 10.2. The van der Waals surface area contributed by atoms with Crippen LogP contribution in [0.5, 0.6) is 5.75 Å². The van der Waals surface area contributed by atoms with E-state index < -0.39 is 0 Å². The molecule has 0 unspecified atom stereocenters. The highest BCUT2D eigenvalue weighted by molar-refractivity contribution is 5.67. The molecular formula is C19H27NO. The Bertz CT molecular complexity index is 500. The third kappa shape index (κ3) is 4.67. The second kappa shape index (κ2) is 10.6. The molecule has 0 N–H and O–H groups in total. The summed E-state index contributed by atoms with van der Waals surface area (Å²) < 4.78 is 5.77. The van der Waals surface area contributed by atoms with Crippen molar-refractivity contribution in [1.29, 1.82) is 0 Å². The molecular weight excluding hydrogens is 258 g/mol. The first-order valence-corrected chi connectivity index (χ1v) is 7.34. The smallest absolute Gasteiger partial charge is 0.151 e. The number of rotatable bonds is 3. The summed E-state index contributed by atoms with van der Waals surface area (Å²) in [4.78, 5) is 2.17. The lowest BCUT2D eigenvalue weighted by atomic mass is 10.2. The molecule has 0 saturated carbocycles. The number of para-hydroxylation sites is 2. The third-order valence-corrected chi connectivity index (χ3v) is 2.61. The minimum absolute atomic E-state index is 0.760. The molecule has 0 saturated heterocycles. The molecule has 0 atom stereocenters. The molecule has 0 bridgehead atoms. The Morgan fingerprint density at radius 1 is 1.10 bits per heavy atom. The zero-order chi connectivity index (χ0) is 16.3. The second-order valence-corrected chi connectivity index (χ2v) is 3.88. The number of fused-ring (bicyclic) bond motifs is 1. The SMILES string of the molecule is C=CC.C=CC1=C(C=C)N(CC)c2ccccc2O1.CC. The molecule has 2 nitrogen and oxygen atoms in total. The maximum absolute atomic E-state index is 5.77. The van der Waals surface area contributed by atoms with Crippen LogP contribution in [0.4, 0.5) is 5.69 Å². The molecule has 2 heteroatoms. The van der Waals surface area contributed by atoms with Gasteiger partial charge in [-0.2, -0.15) is 0 Å². The summed E-state index contributed by atoms with van der Waals surface area (Å²) in [5.41, 5.74) is 2.04. The number of nitrogens with zero attached hydrogens (tertiary/aromatic N) is 1. The van der Waals surface area contributed by atoms with E-state index in [-0.39, 0.29) is 0 Å². The lowest BCUT2D eigenvalue weighted by molar-refractivity contribution is 0.428. The summed E-state index contributed by atoms with van der Waals surface area (Å²) in [7, 11) is 0. The van der Waals surface area contributed by atoms with Gasteiger partial charge in [-0.1, -0.05) is 45.2 Å². The summed E-state index contributed by atoms with van der Waals surface area (Å²) >= 11 is 0. The summed E-state index contributed by atoms with van der Waals surface area (Å²) in [5, 5.41) is 0. The van der Waals surface area contributed by atoms with Crippen molar-refractivity contribution in [1.82, 2.24) is 0 Å². The van der Waals surface area contributed by atoms with Crippen molar-refractivity contribution in [2.24, 2.45) is 0 Å². The summed E-state index contributed by atoms with van der Waals surface area (Å²) in [5.74, 6) is 1.63. The summed E-state index contributed by atoms with van der Waals surface area (Å²) in [6.45, 7) is 19.8. The van der Waals surface area contributed by atoms with E-state index in [1.807, 2.05) is 45.0 Å². The molecule has 0 fully saturated rings. The van der Waals surface area contributed by atoms with Crippen molar-refractivity contribution < 1.29 is 4.74 Å². The van der Waals surface area contributed by atoms with Gasteiger partial charge in [0.25, 0.3) is 0 Å². The van der Waals surface area contributed by atoms with E-state index in [0.717, 1.165) is 29.4 Å². The van der Waals surface area contributed by atoms with Crippen LogP contribution in [0.1, 0.15) is 27.7 Å². The van der Waals surface area contributed by atoms with Gasteiger partial charge in [0.1, 0.15) is 0 Å². The molecule has 1 aliphatic rings. The quantitative estimate of drug-likeness (QED) is 0.660. The van der Waals surface area contributed by atoms with Gasteiger partial charge >= 0.3 is 0 Å². The minimum Gasteiger partial charge on any atom is -0.453 e. The molecule has 2 rings (SSSR count). The minimum atomic E-state index is 0.760. The van der Waals surface area contributed by atoms with Crippen LogP contribution >= 0.6 is 0 Å². The Morgan fingerprint density at radius 2 is 1.67 bits per heavy atom. The van der Waals surface area contributed by atoms with E-state index in [1.165, 1.54) is 0 Å². The normalized spacial score (nSPS) is 11.7. The highest BCUT2D eigenvalue weighted by Crippen LogP contribution is 2.37. The van der Waals surface area contributed by atoms with Crippen molar-refractivity contribution in [3.8, 4) is 5.75 Å². The van der Waals surface area contributed by atoms with Crippen molar-refractivity contribution in [2.75, 3.05) is 11.4 Å². The standard InChI is InChI=1S/C14H15NO.C3H6.C2H6/c1-4-11-13(5-2)16-14-10-8-7-9-12(14)15(11)6-3;1-3-2;1-2/h4-5,7-10H,1-2,6H2,3H3;3H,1H2,2H3;1-2H3. The number of anilines is 1. The second-order valence-electron chi connectivity index (χ2n) is 3.88. The Morgan fingerprint density at radius 3 is 2.14 bits per heavy atom. The Hall–Kier alpha value is -2.22. The Labute approximate surface area is 129 Å². The largest absolute Gasteiger partial charge is 0.453 e. The fourth-order valence-corrected chi connectivity index (χ4v) is 1.90. The van der Waals surface area contributed by atoms with Crippen molar-refractivity contribution in [3.63, 3.8) is 0 Å². The van der Waals surface area contributed by atoms with E-state index in [4.69, 9.17) is 4.74 Å². The zero-order valence-electron chi connectivity index (χ0n) is 13.7.